The van der Waals surface area contributed by atoms with Crippen LogP contribution in [0.2, 0.25) is 0 Å². The van der Waals surface area contributed by atoms with Gasteiger partial charge in [-0.05, 0) is 30.5 Å². The van der Waals surface area contributed by atoms with Gasteiger partial charge in [-0.2, -0.15) is 0 Å². The average Bonchev–Trinajstić information content (AvgIpc) is 3.16. The molecule has 0 radical (unpaired) electrons. The fourth-order valence-electron chi connectivity index (χ4n) is 2.85. The molecule has 2 N–H and O–H groups in total. The number of anilines is 1. The number of hydrogen-bond donors (Lipinski definition) is 2. The number of aromatic nitrogens is 4. The zero-order valence-electron chi connectivity index (χ0n) is 15.3. The summed E-state index contributed by atoms with van der Waals surface area (Å²) in [5.41, 5.74) is 2.93. The SMILES string of the molecule is Cc1cccc2c(=O)[nH]c(CSc3nnc(NCCc4ccccc4)s3)nc12. The first-order valence-corrected chi connectivity index (χ1v) is 10.7. The highest BCUT2D eigenvalue weighted by atomic mass is 32.2. The maximum atomic E-state index is 12.3. The van der Waals surface area contributed by atoms with Crippen molar-refractivity contribution < 1.29 is 0 Å². The highest BCUT2D eigenvalue weighted by molar-refractivity contribution is 8.00. The van der Waals surface area contributed by atoms with Gasteiger partial charge in [0.1, 0.15) is 5.82 Å². The van der Waals surface area contributed by atoms with Gasteiger partial charge >= 0.3 is 0 Å². The van der Waals surface area contributed by atoms with E-state index < -0.39 is 0 Å². The first-order valence-electron chi connectivity index (χ1n) is 8.91. The Hall–Kier alpha value is -2.71. The second-order valence-electron chi connectivity index (χ2n) is 6.31. The number of para-hydroxylation sites is 1. The van der Waals surface area contributed by atoms with Crippen molar-refractivity contribution in [1.82, 2.24) is 20.2 Å². The minimum Gasteiger partial charge on any atom is -0.360 e. The average molecular weight is 410 g/mol. The zero-order valence-corrected chi connectivity index (χ0v) is 16.9. The molecule has 142 valence electrons. The molecule has 0 saturated carbocycles. The highest BCUT2D eigenvalue weighted by Gasteiger charge is 2.09. The van der Waals surface area contributed by atoms with Crippen molar-refractivity contribution in [1.29, 1.82) is 0 Å². The first-order chi connectivity index (χ1) is 13.7. The number of fused-ring (bicyclic) bond motifs is 1. The Morgan fingerprint density at radius 1 is 1.11 bits per heavy atom. The lowest BCUT2D eigenvalue weighted by molar-refractivity contribution is 0.970. The van der Waals surface area contributed by atoms with E-state index in [1.807, 2.05) is 37.3 Å². The van der Waals surface area contributed by atoms with Crippen molar-refractivity contribution in [3.63, 3.8) is 0 Å². The lowest BCUT2D eigenvalue weighted by Crippen LogP contribution is -2.11. The van der Waals surface area contributed by atoms with Crippen LogP contribution < -0.4 is 10.9 Å². The molecular formula is C20H19N5OS2. The number of benzene rings is 2. The molecule has 0 spiro atoms. The third kappa shape index (κ3) is 4.40. The lowest BCUT2D eigenvalue weighted by Gasteiger charge is -2.04. The van der Waals surface area contributed by atoms with Crippen molar-refractivity contribution in [2.45, 2.75) is 23.4 Å². The number of rotatable bonds is 7. The van der Waals surface area contributed by atoms with Gasteiger partial charge in [0, 0.05) is 6.54 Å². The molecule has 0 unspecified atom stereocenters. The van der Waals surface area contributed by atoms with Crippen molar-refractivity contribution in [3.05, 3.63) is 75.8 Å². The number of thioether (sulfide) groups is 1. The van der Waals surface area contributed by atoms with Crippen LogP contribution in [0.1, 0.15) is 17.0 Å². The smallest absolute Gasteiger partial charge is 0.258 e. The molecule has 4 aromatic rings. The van der Waals surface area contributed by atoms with Crippen LogP contribution >= 0.6 is 23.1 Å². The number of aromatic amines is 1. The van der Waals surface area contributed by atoms with Crippen LogP contribution in [0.15, 0.2) is 57.7 Å². The third-order valence-corrected chi connectivity index (χ3v) is 6.28. The van der Waals surface area contributed by atoms with Crippen LogP contribution in [0.4, 0.5) is 5.13 Å². The molecule has 0 bridgehead atoms. The summed E-state index contributed by atoms with van der Waals surface area (Å²) in [4.78, 5) is 19.7. The first kappa shape index (κ1) is 18.6. The molecule has 8 heteroatoms. The molecule has 2 aromatic heterocycles. The van der Waals surface area contributed by atoms with Crippen molar-refractivity contribution in [2.24, 2.45) is 0 Å². The van der Waals surface area contributed by atoms with Crippen LogP contribution in [-0.2, 0) is 12.2 Å². The second-order valence-corrected chi connectivity index (χ2v) is 8.51. The standard InChI is InChI=1S/C20H19N5OS2/c1-13-6-5-9-15-17(13)22-16(23-18(15)26)12-27-20-25-24-19(28-20)21-11-10-14-7-3-2-4-8-14/h2-9H,10-12H2,1H3,(H,21,24)(H,22,23,26). The molecule has 0 fully saturated rings. The van der Waals surface area contributed by atoms with Crippen molar-refractivity contribution >= 4 is 39.1 Å². The Kier molecular flexibility index (Phi) is 5.68. The summed E-state index contributed by atoms with van der Waals surface area (Å²) in [5.74, 6) is 1.18. The Bertz CT molecular complexity index is 1140. The molecule has 0 amide bonds. The molecule has 28 heavy (non-hydrogen) atoms. The van der Waals surface area contributed by atoms with E-state index in [1.165, 1.54) is 28.7 Å². The summed E-state index contributed by atoms with van der Waals surface area (Å²) >= 11 is 3.03. The van der Waals surface area contributed by atoms with Gasteiger partial charge in [0.25, 0.3) is 5.56 Å². The maximum absolute atomic E-state index is 12.3. The second kappa shape index (κ2) is 8.53. The Balaban J connectivity index is 1.36. The molecule has 0 aliphatic heterocycles. The summed E-state index contributed by atoms with van der Waals surface area (Å²) < 4.78 is 0.842. The molecule has 0 saturated heterocycles. The van der Waals surface area contributed by atoms with Gasteiger partial charge in [0.2, 0.25) is 5.13 Å². The van der Waals surface area contributed by atoms with E-state index in [-0.39, 0.29) is 5.56 Å². The van der Waals surface area contributed by atoms with Gasteiger partial charge in [0.15, 0.2) is 4.34 Å². The van der Waals surface area contributed by atoms with E-state index in [1.54, 1.807) is 6.07 Å². The van der Waals surface area contributed by atoms with Crippen LogP contribution in [0, 0.1) is 6.92 Å². The van der Waals surface area contributed by atoms with E-state index in [0.29, 0.717) is 17.0 Å². The number of aryl methyl sites for hydroxylation is 1. The number of H-pyrrole nitrogens is 1. The summed E-state index contributed by atoms with van der Waals surface area (Å²) in [5, 5.41) is 13.1. The maximum Gasteiger partial charge on any atom is 0.258 e. The van der Waals surface area contributed by atoms with Crippen LogP contribution in [0.25, 0.3) is 10.9 Å². The van der Waals surface area contributed by atoms with Crippen LogP contribution in [0.3, 0.4) is 0 Å². The van der Waals surface area contributed by atoms with Crippen molar-refractivity contribution in [2.75, 3.05) is 11.9 Å². The number of nitrogens with zero attached hydrogens (tertiary/aromatic N) is 3. The quantitative estimate of drug-likeness (QED) is 0.449. The van der Waals surface area contributed by atoms with Gasteiger partial charge in [0.05, 0.1) is 16.7 Å². The van der Waals surface area contributed by atoms with E-state index in [9.17, 15) is 4.79 Å². The molecule has 2 heterocycles. The van der Waals surface area contributed by atoms with E-state index in [4.69, 9.17) is 0 Å². The van der Waals surface area contributed by atoms with Crippen molar-refractivity contribution in [3.8, 4) is 0 Å². The molecule has 0 aliphatic carbocycles. The van der Waals surface area contributed by atoms with Gasteiger partial charge in [-0.15, -0.1) is 10.2 Å². The third-order valence-electron chi connectivity index (χ3n) is 4.26. The van der Waals surface area contributed by atoms with E-state index in [2.05, 4.69) is 37.6 Å². The van der Waals surface area contributed by atoms with Gasteiger partial charge in [-0.3, -0.25) is 4.79 Å². The van der Waals surface area contributed by atoms with Gasteiger partial charge in [-0.1, -0.05) is 65.6 Å². The molecular weight excluding hydrogens is 390 g/mol. The summed E-state index contributed by atoms with van der Waals surface area (Å²) in [6, 6.07) is 16.0. The molecule has 6 nitrogen and oxygen atoms in total. The largest absolute Gasteiger partial charge is 0.360 e. The normalized spacial score (nSPS) is 11.0. The number of nitrogens with one attached hydrogen (secondary N) is 2. The van der Waals surface area contributed by atoms with E-state index >= 15 is 0 Å². The predicted molar refractivity (Wildman–Crippen MR) is 115 cm³/mol. The monoisotopic (exact) mass is 409 g/mol. The topological polar surface area (TPSA) is 83.6 Å². The predicted octanol–water partition coefficient (Wildman–Crippen LogP) is 4.03. The zero-order chi connectivity index (χ0) is 19.3. The fourth-order valence-corrected chi connectivity index (χ4v) is 4.50. The number of hydrogen-bond acceptors (Lipinski definition) is 7. The highest BCUT2D eigenvalue weighted by Crippen LogP contribution is 2.27. The lowest BCUT2D eigenvalue weighted by atomic mass is 10.1. The summed E-state index contributed by atoms with van der Waals surface area (Å²) in [6.07, 6.45) is 0.935. The minimum atomic E-state index is -0.107. The fraction of sp³-hybridized carbons (Fsp3) is 0.200. The summed E-state index contributed by atoms with van der Waals surface area (Å²) in [7, 11) is 0. The van der Waals surface area contributed by atoms with E-state index in [0.717, 1.165) is 33.5 Å². The molecule has 4 rings (SSSR count). The molecule has 2 aromatic carbocycles. The Labute approximate surface area is 170 Å². The van der Waals surface area contributed by atoms with Gasteiger partial charge < -0.3 is 10.3 Å². The Morgan fingerprint density at radius 2 is 1.96 bits per heavy atom. The van der Waals surface area contributed by atoms with Gasteiger partial charge in [-0.25, -0.2) is 4.98 Å². The molecule has 0 aliphatic rings. The summed E-state index contributed by atoms with van der Waals surface area (Å²) in [6.45, 7) is 2.77. The van der Waals surface area contributed by atoms with Crippen LogP contribution in [0.5, 0.6) is 0 Å². The van der Waals surface area contributed by atoms with Crippen LogP contribution in [-0.4, -0.2) is 26.7 Å². The minimum absolute atomic E-state index is 0.107. The Morgan fingerprint density at radius 3 is 2.82 bits per heavy atom. The molecule has 0 atom stereocenters.